The van der Waals surface area contributed by atoms with Gasteiger partial charge in [0.1, 0.15) is 11.0 Å². The summed E-state index contributed by atoms with van der Waals surface area (Å²) in [5.74, 6) is -0.555. The summed E-state index contributed by atoms with van der Waals surface area (Å²) in [6.45, 7) is 4.41. The topological polar surface area (TPSA) is 123 Å². The molecule has 4 rings (SSSR count). The molecule has 9 nitrogen and oxygen atoms in total. The third-order valence-electron chi connectivity index (χ3n) is 6.49. The lowest BCUT2D eigenvalue weighted by atomic mass is 9.86. The number of carbonyl (C=O) groups excluding carboxylic acids is 2. The normalized spacial score (nSPS) is 12.2. The average Bonchev–Trinajstić information content (AvgIpc) is 2.98. The molecular weight excluding hydrogens is 566 g/mol. The molecular formula is C33H35N3O6S. The zero-order valence-electron chi connectivity index (χ0n) is 24.0. The zero-order chi connectivity index (χ0) is 30.7. The maximum Gasteiger partial charge on any atom is 0.333 e. The van der Waals surface area contributed by atoms with Gasteiger partial charge < -0.3 is 20.1 Å². The molecule has 0 aliphatic carbocycles. The Morgan fingerprint density at radius 3 is 1.88 bits per heavy atom. The number of hydrogen-bond acceptors (Lipinski definition) is 6. The second kappa shape index (κ2) is 14.6. The maximum absolute atomic E-state index is 13.8. The van der Waals surface area contributed by atoms with Crippen LogP contribution >= 0.6 is 0 Å². The van der Waals surface area contributed by atoms with Crippen molar-refractivity contribution in [2.24, 2.45) is 5.41 Å². The number of nitrogens with one attached hydrogen (secondary N) is 3. The highest BCUT2D eigenvalue weighted by Gasteiger charge is 2.37. The summed E-state index contributed by atoms with van der Waals surface area (Å²) >= 11 is 0. The van der Waals surface area contributed by atoms with Crippen molar-refractivity contribution in [3.8, 4) is 0 Å². The first-order chi connectivity index (χ1) is 20.6. The van der Waals surface area contributed by atoms with E-state index in [-0.39, 0.29) is 23.8 Å². The summed E-state index contributed by atoms with van der Waals surface area (Å²) in [7, 11) is -4.36. The molecule has 4 aromatic rings. The van der Waals surface area contributed by atoms with E-state index in [1.54, 1.807) is 36.4 Å². The molecule has 0 aliphatic heterocycles. The maximum atomic E-state index is 13.8. The van der Waals surface area contributed by atoms with Crippen LogP contribution in [0.15, 0.2) is 120 Å². The molecule has 10 heteroatoms. The third-order valence-corrected chi connectivity index (χ3v) is 7.88. The lowest BCUT2D eigenvalue weighted by Gasteiger charge is -2.33. The van der Waals surface area contributed by atoms with Gasteiger partial charge in [-0.05, 0) is 35.4 Å². The fourth-order valence-corrected chi connectivity index (χ4v) is 5.42. The van der Waals surface area contributed by atoms with Gasteiger partial charge in [0, 0.05) is 11.1 Å². The second-order valence-electron chi connectivity index (χ2n) is 10.6. The summed E-state index contributed by atoms with van der Waals surface area (Å²) in [4.78, 5) is 26.0. The number of urea groups is 1. The summed E-state index contributed by atoms with van der Waals surface area (Å²) in [6.07, 6.45) is -1.02. The summed E-state index contributed by atoms with van der Waals surface area (Å²) in [5.41, 5.74) is 1.48. The van der Waals surface area contributed by atoms with E-state index in [1.165, 1.54) is 18.2 Å². The van der Waals surface area contributed by atoms with Gasteiger partial charge in [0.2, 0.25) is 0 Å². The fourth-order valence-electron chi connectivity index (χ4n) is 4.35. The Morgan fingerprint density at radius 2 is 1.26 bits per heavy atom. The van der Waals surface area contributed by atoms with Crippen molar-refractivity contribution in [2.45, 2.75) is 38.1 Å². The number of amides is 3. The first-order valence-electron chi connectivity index (χ1n) is 13.7. The minimum atomic E-state index is -4.36. The number of ether oxygens (including phenoxy) is 2. The molecule has 224 valence electrons. The van der Waals surface area contributed by atoms with Gasteiger partial charge in [0.15, 0.2) is 0 Å². The van der Waals surface area contributed by atoms with Crippen molar-refractivity contribution in [3.63, 3.8) is 0 Å². The van der Waals surface area contributed by atoms with Crippen molar-refractivity contribution in [1.82, 2.24) is 4.72 Å². The second-order valence-corrected chi connectivity index (χ2v) is 12.2. The Bertz CT molecular complexity index is 1600. The van der Waals surface area contributed by atoms with E-state index < -0.39 is 33.5 Å². The van der Waals surface area contributed by atoms with E-state index in [0.29, 0.717) is 12.3 Å². The lowest BCUT2D eigenvalue weighted by molar-refractivity contribution is -0.141. The summed E-state index contributed by atoms with van der Waals surface area (Å²) in [6, 6.07) is 32.5. The van der Waals surface area contributed by atoms with Gasteiger partial charge in [-0.3, -0.25) is 4.79 Å². The van der Waals surface area contributed by atoms with Crippen LogP contribution in [0.25, 0.3) is 0 Å². The van der Waals surface area contributed by atoms with E-state index in [9.17, 15) is 18.0 Å². The number of anilines is 2. The monoisotopic (exact) mass is 601 g/mol. The Balaban J connectivity index is 1.51. The fraction of sp³-hybridized carbons (Fsp3) is 0.212. The molecule has 0 bridgehead atoms. The third kappa shape index (κ3) is 9.24. The Kier molecular flexibility index (Phi) is 10.7. The van der Waals surface area contributed by atoms with Gasteiger partial charge in [0.05, 0.1) is 25.5 Å². The molecule has 0 spiro atoms. The average molecular weight is 602 g/mol. The van der Waals surface area contributed by atoms with Crippen molar-refractivity contribution in [3.05, 3.63) is 126 Å². The van der Waals surface area contributed by atoms with Gasteiger partial charge in [-0.25, -0.2) is 17.9 Å². The zero-order valence-corrected chi connectivity index (χ0v) is 24.8. The molecule has 3 N–H and O–H groups in total. The van der Waals surface area contributed by atoms with Gasteiger partial charge >= 0.3 is 6.03 Å². The number of sulfonamides is 1. The minimum absolute atomic E-state index is 0.00169. The van der Waals surface area contributed by atoms with E-state index in [4.69, 9.17) is 9.47 Å². The van der Waals surface area contributed by atoms with E-state index in [0.717, 1.165) is 11.1 Å². The largest absolute Gasteiger partial charge is 0.376 e. The summed E-state index contributed by atoms with van der Waals surface area (Å²) in [5, 5.41) is 5.20. The highest BCUT2D eigenvalue weighted by molar-refractivity contribution is 7.90. The standard InChI is InChI=1S/C33H35N3O6S/c1-33(2,24-41-22-25-14-6-3-7-15-25)30(42-23-26-16-8-4-9-17-26)31(37)35-28-20-12-13-21-29(28)43(39,40)36-32(38)34-27-18-10-5-11-19-27/h3-21,30H,22-24H2,1-2H3,(H,35,37)(H2,34,36,38). The van der Waals surface area contributed by atoms with Crippen molar-refractivity contribution >= 4 is 33.3 Å². The van der Waals surface area contributed by atoms with Crippen LogP contribution in [0.3, 0.4) is 0 Å². The molecule has 3 amide bonds. The van der Waals surface area contributed by atoms with Gasteiger partial charge in [-0.1, -0.05) is 105 Å². The number of hydrogen-bond donors (Lipinski definition) is 3. The van der Waals surface area contributed by atoms with E-state index in [2.05, 4.69) is 10.6 Å². The lowest BCUT2D eigenvalue weighted by Crippen LogP contribution is -2.45. The predicted octanol–water partition coefficient (Wildman–Crippen LogP) is 5.96. The van der Waals surface area contributed by atoms with Gasteiger partial charge in [-0.15, -0.1) is 0 Å². The van der Waals surface area contributed by atoms with Crippen LogP contribution < -0.4 is 15.4 Å². The van der Waals surface area contributed by atoms with Crippen LogP contribution in [0.1, 0.15) is 25.0 Å². The number of rotatable bonds is 13. The van der Waals surface area contributed by atoms with Crippen molar-refractivity contribution < 1.29 is 27.5 Å². The minimum Gasteiger partial charge on any atom is -0.376 e. The molecule has 1 atom stereocenters. The molecule has 0 saturated heterocycles. The highest BCUT2D eigenvalue weighted by Crippen LogP contribution is 2.29. The quantitative estimate of drug-likeness (QED) is 0.174. The molecule has 0 saturated carbocycles. The molecule has 1 unspecified atom stereocenters. The summed E-state index contributed by atoms with van der Waals surface area (Å²) < 4.78 is 40.6. The van der Waals surface area contributed by atoms with Crippen LogP contribution in [-0.4, -0.2) is 33.1 Å². The number of carbonyl (C=O) groups is 2. The van der Waals surface area contributed by atoms with Crippen LogP contribution in [0.2, 0.25) is 0 Å². The Labute approximate surface area is 252 Å². The van der Waals surface area contributed by atoms with Crippen molar-refractivity contribution in [2.75, 3.05) is 17.2 Å². The molecule has 4 aromatic carbocycles. The van der Waals surface area contributed by atoms with Gasteiger partial charge in [0.25, 0.3) is 15.9 Å². The van der Waals surface area contributed by atoms with Crippen LogP contribution in [0.5, 0.6) is 0 Å². The predicted molar refractivity (Wildman–Crippen MR) is 166 cm³/mol. The molecule has 0 aliphatic rings. The first-order valence-corrected chi connectivity index (χ1v) is 15.2. The molecule has 0 aromatic heterocycles. The SMILES string of the molecule is CC(C)(COCc1ccccc1)C(OCc1ccccc1)C(=O)Nc1ccccc1S(=O)(=O)NC(=O)Nc1ccccc1. The Hall–Kier alpha value is -4.51. The van der Waals surface area contributed by atoms with Crippen LogP contribution in [0.4, 0.5) is 16.2 Å². The molecule has 0 radical (unpaired) electrons. The molecule has 0 fully saturated rings. The van der Waals surface area contributed by atoms with E-state index >= 15 is 0 Å². The van der Waals surface area contributed by atoms with Crippen LogP contribution in [0, 0.1) is 5.41 Å². The first kappa shape index (κ1) is 31.4. The Morgan fingerprint density at radius 1 is 0.721 bits per heavy atom. The smallest absolute Gasteiger partial charge is 0.333 e. The van der Waals surface area contributed by atoms with E-state index in [1.807, 2.05) is 79.2 Å². The van der Waals surface area contributed by atoms with Crippen molar-refractivity contribution in [1.29, 1.82) is 0 Å². The highest BCUT2D eigenvalue weighted by atomic mass is 32.2. The molecule has 43 heavy (non-hydrogen) atoms. The molecule has 0 heterocycles. The van der Waals surface area contributed by atoms with Gasteiger partial charge in [-0.2, -0.15) is 0 Å². The number of para-hydroxylation sites is 2. The number of benzene rings is 4. The van der Waals surface area contributed by atoms with Crippen LogP contribution in [-0.2, 0) is 37.5 Å².